The number of hydrogen-bond acceptors (Lipinski definition) is 5. The largest absolute Gasteiger partial charge is 0.416 e. The van der Waals surface area contributed by atoms with Crippen molar-refractivity contribution in [1.82, 2.24) is 9.55 Å². The van der Waals surface area contributed by atoms with Crippen LogP contribution in [0.25, 0.3) is 11.1 Å². The van der Waals surface area contributed by atoms with Crippen molar-refractivity contribution in [3.05, 3.63) is 122 Å². The summed E-state index contributed by atoms with van der Waals surface area (Å²) in [5.41, 5.74) is -1.65. The molecule has 0 aliphatic carbocycles. The van der Waals surface area contributed by atoms with Crippen LogP contribution >= 0.6 is 11.8 Å². The highest BCUT2D eigenvalue weighted by atomic mass is 32.2. The van der Waals surface area contributed by atoms with Crippen LogP contribution in [-0.2, 0) is 12.6 Å². The Labute approximate surface area is 223 Å². The van der Waals surface area contributed by atoms with Crippen molar-refractivity contribution < 1.29 is 22.0 Å². The van der Waals surface area contributed by atoms with E-state index < -0.39 is 53.1 Å². The van der Waals surface area contributed by atoms with Crippen molar-refractivity contribution in [2.75, 3.05) is 5.75 Å². The van der Waals surface area contributed by atoms with Gasteiger partial charge in [0.1, 0.15) is 11.9 Å². The summed E-state index contributed by atoms with van der Waals surface area (Å²) in [4.78, 5) is 29.6. The molecule has 0 saturated heterocycles. The third kappa shape index (κ3) is 4.75. The number of nitrogens with zero attached hydrogens (tertiary/aromatic N) is 3. The van der Waals surface area contributed by atoms with E-state index in [1.807, 2.05) is 0 Å². The van der Waals surface area contributed by atoms with Crippen LogP contribution in [0.4, 0.5) is 22.0 Å². The molecule has 4 aromatic rings. The second-order valence-electron chi connectivity index (χ2n) is 9.08. The monoisotopic (exact) mass is 557 g/mol. The molecule has 0 fully saturated rings. The summed E-state index contributed by atoms with van der Waals surface area (Å²) >= 11 is 1.17. The third-order valence-electron chi connectivity index (χ3n) is 6.89. The summed E-state index contributed by atoms with van der Waals surface area (Å²) in [6.45, 7) is 1.49. The number of pyridine rings is 2. The molecule has 0 radical (unpaired) electrons. The van der Waals surface area contributed by atoms with Crippen LogP contribution in [0.3, 0.4) is 0 Å². The zero-order valence-corrected chi connectivity index (χ0v) is 21.2. The van der Waals surface area contributed by atoms with Gasteiger partial charge in [-0.1, -0.05) is 41.6 Å². The van der Waals surface area contributed by atoms with Crippen molar-refractivity contribution in [2.45, 2.75) is 36.6 Å². The average Bonchev–Trinajstić information content (AvgIpc) is 3.34. The predicted octanol–water partition coefficient (Wildman–Crippen LogP) is 7.26. The molecule has 0 saturated carbocycles. The molecule has 0 N–H and O–H groups in total. The van der Waals surface area contributed by atoms with Gasteiger partial charge in [0, 0.05) is 29.5 Å². The van der Waals surface area contributed by atoms with E-state index in [1.54, 1.807) is 30.3 Å². The van der Waals surface area contributed by atoms with Crippen molar-refractivity contribution in [2.24, 2.45) is 5.18 Å². The summed E-state index contributed by atoms with van der Waals surface area (Å²) < 4.78 is 72.6. The first-order chi connectivity index (χ1) is 18.6. The lowest BCUT2D eigenvalue weighted by molar-refractivity contribution is -0.138. The third-order valence-corrected chi connectivity index (χ3v) is 8.11. The van der Waals surface area contributed by atoms with Crippen LogP contribution in [0.15, 0.2) is 81.9 Å². The SMILES string of the molecule is Cc1c(Cc2c(F)cccc2C(F)(F)F)c2n(c(=O)c1-c1cccnc1F)C(C(N=O)c1ccccc1)CS2. The van der Waals surface area contributed by atoms with E-state index in [0.717, 1.165) is 18.2 Å². The Balaban J connectivity index is 1.79. The molecule has 2 atom stereocenters. The molecule has 2 aromatic carbocycles. The summed E-state index contributed by atoms with van der Waals surface area (Å²) in [6.07, 6.45) is -4.13. The van der Waals surface area contributed by atoms with Crippen LogP contribution in [0.1, 0.15) is 39.9 Å². The maximum Gasteiger partial charge on any atom is 0.416 e. The number of fused-ring (bicyclic) bond motifs is 1. The minimum Gasteiger partial charge on any atom is -0.296 e. The van der Waals surface area contributed by atoms with Gasteiger partial charge >= 0.3 is 6.18 Å². The Morgan fingerprint density at radius 2 is 1.79 bits per heavy atom. The first-order valence-electron chi connectivity index (χ1n) is 11.9. The Kier molecular flexibility index (Phi) is 7.11. The summed E-state index contributed by atoms with van der Waals surface area (Å²) in [6, 6.07) is 12.2. The molecular weight excluding hydrogens is 537 g/mol. The quantitative estimate of drug-likeness (QED) is 0.142. The zero-order chi connectivity index (χ0) is 27.9. The Morgan fingerprint density at radius 3 is 2.46 bits per heavy atom. The van der Waals surface area contributed by atoms with Gasteiger partial charge in [0.25, 0.3) is 5.56 Å². The van der Waals surface area contributed by atoms with Crippen molar-refractivity contribution in [1.29, 1.82) is 0 Å². The number of rotatable bonds is 6. The molecule has 0 bridgehead atoms. The summed E-state index contributed by atoms with van der Waals surface area (Å²) in [7, 11) is 0. The van der Waals surface area contributed by atoms with Crippen LogP contribution in [-0.4, -0.2) is 15.3 Å². The molecule has 0 amide bonds. The molecule has 5 rings (SSSR count). The molecule has 5 nitrogen and oxygen atoms in total. The fourth-order valence-corrected chi connectivity index (χ4v) is 6.46. The van der Waals surface area contributed by atoms with E-state index in [-0.39, 0.29) is 33.0 Å². The first kappa shape index (κ1) is 26.7. The summed E-state index contributed by atoms with van der Waals surface area (Å²) in [5.74, 6) is -1.80. The number of thioether (sulfide) groups is 1. The summed E-state index contributed by atoms with van der Waals surface area (Å²) in [5, 5.41) is 3.57. The molecular formula is C28H20F5N3O2S. The molecule has 2 unspecified atom stereocenters. The van der Waals surface area contributed by atoms with Crippen molar-refractivity contribution in [3.8, 4) is 11.1 Å². The van der Waals surface area contributed by atoms with Gasteiger partial charge in [0.15, 0.2) is 0 Å². The smallest absolute Gasteiger partial charge is 0.296 e. The van der Waals surface area contributed by atoms with Gasteiger partial charge < -0.3 is 0 Å². The van der Waals surface area contributed by atoms with Gasteiger partial charge in [0.05, 0.1) is 22.2 Å². The predicted molar refractivity (Wildman–Crippen MR) is 138 cm³/mol. The first-order valence-corrected chi connectivity index (χ1v) is 12.9. The Hall–Kier alpha value is -3.86. The van der Waals surface area contributed by atoms with Gasteiger partial charge in [-0.2, -0.15) is 22.5 Å². The molecule has 11 heteroatoms. The number of halogens is 5. The highest BCUT2D eigenvalue weighted by molar-refractivity contribution is 7.99. The number of hydrogen-bond donors (Lipinski definition) is 0. The van der Waals surface area contributed by atoms with E-state index in [4.69, 9.17) is 0 Å². The Morgan fingerprint density at radius 1 is 1.05 bits per heavy atom. The van der Waals surface area contributed by atoms with Crippen molar-refractivity contribution >= 4 is 11.8 Å². The zero-order valence-electron chi connectivity index (χ0n) is 20.4. The van der Waals surface area contributed by atoms with Gasteiger partial charge in [-0.05, 0) is 47.9 Å². The van der Waals surface area contributed by atoms with E-state index in [2.05, 4.69) is 10.2 Å². The molecule has 0 spiro atoms. The molecule has 1 aliphatic rings. The maximum absolute atomic E-state index is 14.9. The van der Waals surface area contributed by atoms with E-state index in [0.29, 0.717) is 5.56 Å². The van der Waals surface area contributed by atoms with E-state index >= 15 is 0 Å². The highest BCUT2D eigenvalue weighted by Crippen LogP contribution is 2.45. The molecule has 2 aromatic heterocycles. The molecule has 1 aliphatic heterocycles. The minimum absolute atomic E-state index is 0.116. The lowest BCUT2D eigenvalue weighted by Crippen LogP contribution is -2.30. The van der Waals surface area contributed by atoms with E-state index in [1.165, 1.54) is 41.6 Å². The number of aromatic nitrogens is 2. The highest BCUT2D eigenvalue weighted by Gasteiger charge is 2.39. The van der Waals surface area contributed by atoms with Gasteiger partial charge in [-0.25, -0.2) is 9.37 Å². The average molecular weight is 558 g/mol. The lowest BCUT2D eigenvalue weighted by Gasteiger charge is -2.23. The van der Waals surface area contributed by atoms with Gasteiger partial charge in [0.2, 0.25) is 5.95 Å². The number of nitroso groups, excluding NO2 is 1. The fourth-order valence-electron chi connectivity index (χ4n) is 5.04. The van der Waals surface area contributed by atoms with Gasteiger partial charge in [-0.3, -0.25) is 9.36 Å². The fraction of sp³-hybridized carbons (Fsp3) is 0.214. The van der Waals surface area contributed by atoms with Crippen LogP contribution in [0.2, 0.25) is 0 Å². The lowest BCUT2D eigenvalue weighted by atomic mass is 9.92. The maximum atomic E-state index is 14.9. The molecule has 200 valence electrons. The normalized spacial score (nSPS) is 15.7. The van der Waals surface area contributed by atoms with Crippen molar-refractivity contribution in [3.63, 3.8) is 0 Å². The molecule has 3 heterocycles. The second-order valence-corrected chi connectivity index (χ2v) is 10.1. The topological polar surface area (TPSA) is 64.3 Å². The number of benzene rings is 2. The standard InChI is InChI=1S/C28H20F5N3O2S/c1-15-18(13-19-20(28(31,32)33)10-5-11-21(19)29)27-36(26(37)23(15)17-9-6-12-34-25(17)30)22(14-39-27)24(35-38)16-7-3-2-4-8-16/h2-12,22,24H,13-14H2,1H3. The second kappa shape index (κ2) is 10.4. The van der Waals surface area contributed by atoms with Crippen LogP contribution in [0.5, 0.6) is 0 Å². The molecule has 39 heavy (non-hydrogen) atoms. The van der Waals surface area contributed by atoms with E-state index in [9.17, 15) is 31.7 Å². The van der Waals surface area contributed by atoms with Crippen LogP contribution < -0.4 is 5.56 Å². The van der Waals surface area contributed by atoms with Gasteiger partial charge in [-0.15, -0.1) is 11.8 Å². The number of alkyl halides is 3. The van der Waals surface area contributed by atoms with Crippen LogP contribution in [0, 0.1) is 23.6 Å². The minimum atomic E-state index is -4.83. The Bertz CT molecular complexity index is 1620.